The standard InChI is InChI=1S/C8H16O.CH3.Al/c1-4-5-8(9)6-7(2)3;;/h7-8H,1,4-6H2,2-3H3;1H3;/q-1;;+1. The van der Waals surface area contributed by atoms with Crippen LogP contribution in [0.1, 0.15) is 33.1 Å². The van der Waals surface area contributed by atoms with Crippen LogP contribution < -0.4 is 0 Å². The molecule has 0 radical (unpaired) electrons. The molecule has 0 aromatic rings. The molecule has 0 amide bonds. The highest BCUT2D eigenvalue weighted by molar-refractivity contribution is 6.50. The van der Waals surface area contributed by atoms with Crippen LogP contribution in [-0.2, 0) is 3.79 Å². The molecule has 1 aliphatic rings. The van der Waals surface area contributed by atoms with E-state index in [1.807, 2.05) is 0 Å². The first-order valence-electron chi connectivity index (χ1n) is 4.84. The lowest BCUT2D eigenvalue weighted by Crippen LogP contribution is -2.29. The summed E-state index contributed by atoms with van der Waals surface area (Å²) in [5.74, 6) is 3.13. The predicted octanol–water partition coefficient (Wildman–Crippen LogP) is 2.83. The molecule has 1 aliphatic heterocycles. The SMILES string of the molecule is CC(C)CC1CC[CH2][Al]([CH3])[O]1. The molecule has 2 heteroatoms. The van der Waals surface area contributed by atoms with Gasteiger partial charge < -0.3 is 3.79 Å². The van der Waals surface area contributed by atoms with Crippen molar-refractivity contribution in [2.45, 2.75) is 50.3 Å². The predicted molar refractivity (Wildman–Crippen MR) is 50.0 cm³/mol. The Hall–Kier alpha value is 0.492. The molecule has 0 aromatic heterocycles. The van der Waals surface area contributed by atoms with Gasteiger partial charge in [0.2, 0.25) is 0 Å². The molecule has 0 bridgehead atoms. The first kappa shape index (κ1) is 9.58. The first-order valence-corrected chi connectivity index (χ1v) is 7.28. The van der Waals surface area contributed by atoms with Crippen molar-refractivity contribution in [1.82, 2.24) is 0 Å². The van der Waals surface area contributed by atoms with Crippen molar-refractivity contribution in [2.75, 3.05) is 0 Å². The van der Waals surface area contributed by atoms with E-state index in [1.165, 1.54) is 24.5 Å². The van der Waals surface area contributed by atoms with E-state index in [4.69, 9.17) is 3.79 Å². The first-order chi connectivity index (χ1) is 5.18. The summed E-state index contributed by atoms with van der Waals surface area (Å²) in [6.45, 7) is 4.56. The maximum atomic E-state index is 5.94. The van der Waals surface area contributed by atoms with Gasteiger partial charge in [-0.25, -0.2) is 0 Å². The minimum Gasteiger partial charge on any atom is -0.498 e. The van der Waals surface area contributed by atoms with Crippen LogP contribution in [-0.4, -0.2) is 20.6 Å². The molecule has 0 saturated carbocycles. The Morgan fingerprint density at radius 3 is 2.82 bits per heavy atom. The minimum atomic E-state index is -0.711. The van der Waals surface area contributed by atoms with E-state index < -0.39 is 14.5 Å². The van der Waals surface area contributed by atoms with Gasteiger partial charge in [0.15, 0.2) is 0 Å². The fourth-order valence-electron chi connectivity index (χ4n) is 1.80. The number of hydrogen-bond acceptors (Lipinski definition) is 1. The minimum absolute atomic E-state index is 0.616. The summed E-state index contributed by atoms with van der Waals surface area (Å²) in [5.41, 5.74) is 0. The Labute approximate surface area is 74.9 Å². The summed E-state index contributed by atoms with van der Waals surface area (Å²) in [4.78, 5) is 0. The summed E-state index contributed by atoms with van der Waals surface area (Å²) >= 11 is -0.711. The van der Waals surface area contributed by atoms with Crippen LogP contribution >= 0.6 is 0 Å². The lowest BCUT2D eigenvalue weighted by Gasteiger charge is -2.27. The third kappa shape index (κ3) is 3.60. The van der Waals surface area contributed by atoms with Crippen LogP contribution in [0.4, 0.5) is 0 Å². The van der Waals surface area contributed by atoms with Crippen LogP contribution in [0.2, 0.25) is 11.1 Å². The quantitative estimate of drug-likeness (QED) is 0.579. The monoisotopic (exact) mass is 170 g/mol. The number of hydrogen-bond donors (Lipinski definition) is 0. The third-order valence-corrected chi connectivity index (χ3v) is 4.37. The topological polar surface area (TPSA) is 9.23 Å². The van der Waals surface area contributed by atoms with Gasteiger partial charge in [-0.3, -0.25) is 0 Å². The zero-order valence-corrected chi connectivity index (χ0v) is 9.12. The van der Waals surface area contributed by atoms with E-state index in [9.17, 15) is 0 Å². The maximum absolute atomic E-state index is 5.94. The van der Waals surface area contributed by atoms with Gasteiger partial charge in [0.25, 0.3) is 0 Å². The van der Waals surface area contributed by atoms with Crippen molar-refractivity contribution in [2.24, 2.45) is 5.92 Å². The van der Waals surface area contributed by atoms with E-state index in [2.05, 4.69) is 19.6 Å². The molecule has 1 unspecified atom stereocenters. The normalized spacial score (nSPS) is 26.2. The average Bonchev–Trinajstić information content (AvgIpc) is 1.85. The van der Waals surface area contributed by atoms with E-state index in [1.54, 1.807) is 0 Å². The van der Waals surface area contributed by atoms with Crippen LogP contribution in [0.15, 0.2) is 0 Å². The van der Waals surface area contributed by atoms with Gasteiger partial charge >= 0.3 is 14.5 Å². The molecule has 0 N–H and O–H groups in total. The average molecular weight is 170 g/mol. The van der Waals surface area contributed by atoms with Crippen LogP contribution in [0.5, 0.6) is 0 Å². The second kappa shape index (κ2) is 4.50. The largest absolute Gasteiger partial charge is 0.498 e. The summed E-state index contributed by atoms with van der Waals surface area (Å²) in [5, 5.41) is 1.40. The Bertz CT molecular complexity index is 112. The molecule has 64 valence electrons. The Balaban J connectivity index is 2.23. The van der Waals surface area contributed by atoms with Crippen LogP contribution in [0.25, 0.3) is 0 Å². The van der Waals surface area contributed by atoms with E-state index in [0.717, 1.165) is 5.92 Å². The van der Waals surface area contributed by atoms with Gasteiger partial charge in [-0.1, -0.05) is 31.3 Å². The smallest absolute Gasteiger partial charge is 0.457 e. The van der Waals surface area contributed by atoms with Crippen LogP contribution in [0, 0.1) is 5.92 Å². The Morgan fingerprint density at radius 1 is 1.55 bits per heavy atom. The molecular weight excluding hydrogens is 151 g/mol. The third-order valence-electron chi connectivity index (χ3n) is 2.30. The fraction of sp³-hybridized carbons (Fsp3) is 1.00. The lowest BCUT2D eigenvalue weighted by molar-refractivity contribution is 0.147. The van der Waals surface area contributed by atoms with Crippen molar-refractivity contribution in [3.05, 3.63) is 0 Å². The van der Waals surface area contributed by atoms with Gasteiger partial charge in [-0.15, -0.1) is 0 Å². The molecule has 0 spiro atoms. The van der Waals surface area contributed by atoms with Crippen molar-refractivity contribution in [3.8, 4) is 0 Å². The van der Waals surface area contributed by atoms with Crippen molar-refractivity contribution in [3.63, 3.8) is 0 Å². The van der Waals surface area contributed by atoms with Gasteiger partial charge in [0, 0.05) is 6.10 Å². The van der Waals surface area contributed by atoms with Gasteiger partial charge in [0.1, 0.15) is 0 Å². The molecule has 11 heavy (non-hydrogen) atoms. The maximum Gasteiger partial charge on any atom is 0.457 e. The zero-order chi connectivity index (χ0) is 8.27. The fourth-order valence-corrected chi connectivity index (χ4v) is 3.65. The highest BCUT2D eigenvalue weighted by atomic mass is 27.2. The molecule has 1 heterocycles. The Kier molecular flexibility index (Phi) is 3.92. The zero-order valence-electron chi connectivity index (χ0n) is 7.97. The second-order valence-electron chi connectivity index (χ2n) is 4.13. The molecule has 1 fully saturated rings. The van der Waals surface area contributed by atoms with Crippen molar-refractivity contribution in [1.29, 1.82) is 0 Å². The highest BCUT2D eigenvalue weighted by Crippen LogP contribution is 2.22. The van der Waals surface area contributed by atoms with Crippen molar-refractivity contribution < 1.29 is 3.79 Å². The molecule has 1 atom stereocenters. The molecular formula is C9H19AlO. The van der Waals surface area contributed by atoms with Gasteiger partial charge in [-0.2, -0.15) is 0 Å². The van der Waals surface area contributed by atoms with Crippen molar-refractivity contribution >= 4 is 14.5 Å². The highest BCUT2D eigenvalue weighted by Gasteiger charge is 2.24. The second-order valence-corrected chi connectivity index (χ2v) is 6.60. The number of rotatable bonds is 2. The molecule has 0 aromatic carbocycles. The summed E-state index contributed by atoms with van der Waals surface area (Å²) in [7, 11) is 0. The molecule has 1 nitrogen and oxygen atoms in total. The molecule has 1 saturated heterocycles. The lowest BCUT2D eigenvalue weighted by atomic mass is 10.0. The summed E-state index contributed by atoms with van der Waals surface area (Å²) in [6.07, 6.45) is 4.63. The molecule has 1 rings (SSSR count). The van der Waals surface area contributed by atoms with E-state index in [-0.39, 0.29) is 0 Å². The van der Waals surface area contributed by atoms with E-state index >= 15 is 0 Å². The molecule has 0 aliphatic carbocycles. The van der Waals surface area contributed by atoms with Gasteiger partial charge in [0.05, 0.1) is 0 Å². The van der Waals surface area contributed by atoms with Gasteiger partial charge in [-0.05, 0) is 18.8 Å². The van der Waals surface area contributed by atoms with E-state index in [0.29, 0.717) is 6.10 Å². The summed E-state index contributed by atoms with van der Waals surface area (Å²) < 4.78 is 5.94. The summed E-state index contributed by atoms with van der Waals surface area (Å²) in [6, 6.07) is 0. The Morgan fingerprint density at radius 2 is 2.27 bits per heavy atom. The van der Waals surface area contributed by atoms with Crippen LogP contribution in [0.3, 0.4) is 0 Å².